The van der Waals surface area contributed by atoms with Gasteiger partial charge in [-0.15, -0.1) is 0 Å². The molecule has 0 aliphatic rings. The molecule has 0 radical (unpaired) electrons. The summed E-state index contributed by atoms with van der Waals surface area (Å²) in [6, 6.07) is 1.23. The summed E-state index contributed by atoms with van der Waals surface area (Å²) in [7, 11) is 0. The molecule has 0 heterocycles. The first-order valence-electron chi connectivity index (χ1n) is 9.22. The molecule has 0 N–H and O–H groups in total. The first kappa shape index (κ1) is 22.7. The summed E-state index contributed by atoms with van der Waals surface area (Å²) in [6.07, 6.45) is 0. The third kappa shape index (κ3) is 4.63. The van der Waals surface area contributed by atoms with Crippen LogP contribution in [0.15, 0.2) is 0 Å². The topological polar surface area (TPSA) is 6.48 Å². The SMILES string of the molecule is C[CH2][Sn]([CH](C)C)([N](C(C)C)C(C)C)[N](C(C)(C)C)C(C)(C)C. The van der Waals surface area contributed by atoms with Crippen molar-refractivity contribution in [3.63, 3.8) is 0 Å². The van der Waals surface area contributed by atoms with Crippen LogP contribution < -0.4 is 0 Å². The molecule has 1 atom stereocenters. The van der Waals surface area contributed by atoms with Gasteiger partial charge in [-0.3, -0.25) is 0 Å². The third-order valence-corrected chi connectivity index (χ3v) is 24.5. The van der Waals surface area contributed by atoms with E-state index in [0.29, 0.717) is 12.1 Å². The van der Waals surface area contributed by atoms with Gasteiger partial charge in [0.05, 0.1) is 0 Å². The Labute approximate surface area is 146 Å². The molecule has 0 spiro atoms. The van der Waals surface area contributed by atoms with Gasteiger partial charge in [0.25, 0.3) is 0 Å². The van der Waals surface area contributed by atoms with Crippen LogP contribution in [0, 0.1) is 0 Å². The minimum atomic E-state index is -2.80. The molecule has 0 bridgehead atoms. The molecule has 0 fully saturated rings. The van der Waals surface area contributed by atoms with E-state index in [-0.39, 0.29) is 11.1 Å². The van der Waals surface area contributed by atoms with Crippen LogP contribution in [0.2, 0.25) is 8.37 Å². The molecule has 0 aromatic heterocycles. The average molecular weight is 419 g/mol. The maximum atomic E-state index is 2.99. The summed E-state index contributed by atoms with van der Waals surface area (Å²) in [6.45, 7) is 31.5. The fraction of sp³-hybridized carbons (Fsp3) is 1.00. The van der Waals surface area contributed by atoms with Crippen LogP contribution >= 0.6 is 0 Å². The predicted octanol–water partition coefficient (Wildman–Crippen LogP) is 5.88. The van der Waals surface area contributed by atoms with Gasteiger partial charge in [0.15, 0.2) is 0 Å². The zero-order chi connectivity index (χ0) is 18.1. The Hall–Kier alpha value is 0.719. The van der Waals surface area contributed by atoms with Crippen molar-refractivity contribution in [2.45, 2.75) is 122 Å². The Morgan fingerprint density at radius 3 is 1.18 bits per heavy atom. The molecule has 0 amide bonds. The van der Waals surface area contributed by atoms with Crippen molar-refractivity contribution in [3.8, 4) is 0 Å². The number of hydrogen-bond acceptors (Lipinski definition) is 2. The van der Waals surface area contributed by atoms with Crippen LogP contribution in [-0.2, 0) is 0 Å². The molecule has 134 valence electrons. The molecule has 2 nitrogen and oxygen atoms in total. The normalized spacial score (nSPS) is 17.2. The fourth-order valence-corrected chi connectivity index (χ4v) is 24.9. The molecule has 0 saturated heterocycles. The summed E-state index contributed by atoms with van der Waals surface area (Å²) in [5.41, 5.74) is 0.410. The van der Waals surface area contributed by atoms with Crippen molar-refractivity contribution in [3.05, 3.63) is 0 Å². The molecule has 22 heavy (non-hydrogen) atoms. The Morgan fingerprint density at radius 2 is 1.05 bits per heavy atom. The Bertz CT molecular complexity index is 314. The van der Waals surface area contributed by atoms with Crippen LogP contribution in [0.1, 0.15) is 90.0 Å². The van der Waals surface area contributed by atoms with Gasteiger partial charge in [0.2, 0.25) is 0 Å². The third-order valence-electron chi connectivity index (χ3n) is 4.73. The van der Waals surface area contributed by atoms with Crippen LogP contribution in [0.4, 0.5) is 0 Å². The first-order valence-corrected chi connectivity index (χ1v) is 15.4. The van der Waals surface area contributed by atoms with E-state index >= 15 is 0 Å². The average Bonchev–Trinajstić information content (AvgIpc) is 2.21. The Balaban J connectivity index is 6.51. The summed E-state index contributed by atoms with van der Waals surface area (Å²) in [4.78, 5) is 0. The monoisotopic (exact) mass is 420 g/mol. The van der Waals surface area contributed by atoms with Gasteiger partial charge >= 0.3 is 147 Å². The molecule has 0 aromatic carbocycles. The first-order chi connectivity index (χ1) is 9.63. The van der Waals surface area contributed by atoms with Gasteiger partial charge in [-0.1, -0.05) is 0 Å². The van der Waals surface area contributed by atoms with Crippen molar-refractivity contribution >= 4 is 18.9 Å². The zero-order valence-electron chi connectivity index (χ0n) is 17.8. The van der Waals surface area contributed by atoms with E-state index in [9.17, 15) is 0 Å². The molecular weight excluding hydrogens is 375 g/mol. The summed E-state index contributed by atoms with van der Waals surface area (Å²) < 4.78 is 8.05. The van der Waals surface area contributed by atoms with E-state index in [0.717, 1.165) is 3.93 Å². The zero-order valence-corrected chi connectivity index (χ0v) is 20.7. The fourth-order valence-electron chi connectivity index (χ4n) is 5.08. The summed E-state index contributed by atoms with van der Waals surface area (Å²) >= 11 is -2.80. The van der Waals surface area contributed by atoms with E-state index in [1.165, 1.54) is 4.44 Å². The molecule has 1 unspecified atom stereocenters. The van der Waals surface area contributed by atoms with E-state index < -0.39 is 18.9 Å². The summed E-state index contributed by atoms with van der Waals surface area (Å²) in [5, 5.41) is 0. The quantitative estimate of drug-likeness (QED) is 0.497. The van der Waals surface area contributed by atoms with Crippen molar-refractivity contribution in [2.24, 2.45) is 0 Å². The van der Waals surface area contributed by atoms with Crippen LogP contribution in [0.25, 0.3) is 0 Å². The van der Waals surface area contributed by atoms with Crippen LogP contribution in [-0.4, -0.2) is 48.3 Å². The van der Waals surface area contributed by atoms with Gasteiger partial charge < -0.3 is 0 Å². The van der Waals surface area contributed by atoms with Gasteiger partial charge in [0, 0.05) is 0 Å². The van der Waals surface area contributed by atoms with E-state index in [2.05, 4.69) is 96.3 Å². The Morgan fingerprint density at radius 1 is 0.727 bits per heavy atom. The van der Waals surface area contributed by atoms with Gasteiger partial charge in [0.1, 0.15) is 0 Å². The second-order valence-corrected chi connectivity index (χ2v) is 22.7. The molecule has 0 rings (SSSR count). The van der Waals surface area contributed by atoms with Crippen molar-refractivity contribution < 1.29 is 0 Å². The number of nitrogens with zero attached hydrogens (tertiary/aromatic N) is 2. The number of rotatable bonds is 6. The molecule has 0 aliphatic carbocycles. The second-order valence-electron chi connectivity index (χ2n) is 9.66. The van der Waals surface area contributed by atoms with Gasteiger partial charge in [-0.25, -0.2) is 0 Å². The van der Waals surface area contributed by atoms with Gasteiger partial charge in [-0.05, 0) is 0 Å². The van der Waals surface area contributed by atoms with Crippen molar-refractivity contribution in [2.75, 3.05) is 0 Å². The van der Waals surface area contributed by atoms with E-state index in [1.807, 2.05) is 0 Å². The molecule has 0 aliphatic heterocycles. The number of hydrogen-bond donors (Lipinski definition) is 0. The van der Waals surface area contributed by atoms with Crippen LogP contribution in [0.5, 0.6) is 0 Å². The van der Waals surface area contributed by atoms with Crippen molar-refractivity contribution in [1.29, 1.82) is 0 Å². The van der Waals surface area contributed by atoms with E-state index in [4.69, 9.17) is 0 Å². The van der Waals surface area contributed by atoms with E-state index in [1.54, 1.807) is 0 Å². The molecule has 3 heteroatoms. The minimum absolute atomic E-state index is 0.205. The van der Waals surface area contributed by atoms with Gasteiger partial charge in [-0.2, -0.15) is 0 Å². The predicted molar refractivity (Wildman–Crippen MR) is 105 cm³/mol. The van der Waals surface area contributed by atoms with Crippen molar-refractivity contribution in [1.82, 2.24) is 6.24 Å². The van der Waals surface area contributed by atoms with Crippen LogP contribution in [0.3, 0.4) is 0 Å². The molecule has 0 saturated carbocycles. The standard InChI is InChI=1S/C8H18N.C6H14N.C3H7.C2H5.Sn/c1-7(2,3)9-8(4,5)6;1-5(2)7-6(3)4;1-3-2;1-2;/h1-6H3;5-6H,1-4H3;3H,1-2H3;1H2,2H3;/q2*-1;;;+2. The molecular formula is C19H44N2Sn. The maximum absolute atomic E-state index is 2.99. The second kappa shape index (κ2) is 7.73. The summed E-state index contributed by atoms with van der Waals surface area (Å²) in [5.74, 6) is 0. The molecule has 0 aromatic rings. The Kier molecular flexibility index (Phi) is 7.99.